The Bertz CT molecular complexity index is 1330. The van der Waals surface area contributed by atoms with Gasteiger partial charge in [-0.25, -0.2) is 14.4 Å². The Hall–Kier alpha value is -4.33. The molecule has 1 spiro atoms. The predicted octanol–water partition coefficient (Wildman–Crippen LogP) is 4.10. The number of amides is 1. The highest BCUT2D eigenvalue weighted by Gasteiger charge is 2.68. The molecular formula is C25H19FN4O3. The van der Waals surface area contributed by atoms with Crippen LogP contribution in [0.2, 0.25) is 0 Å². The average Bonchev–Trinajstić information content (AvgIpc) is 3.52. The molecule has 2 aliphatic rings. The van der Waals surface area contributed by atoms with Gasteiger partial charge in [-0.3, -0.25) is 9.59 Å². The monoisotopic (exact) mass is 442 g/mol. The molecule has 0 aromatic heterocycles. The van der Waals surface area contributed by atoms with E-state index in [1.807, 2.05) is 36.4 Å². The van der Waals surface area contributed by atoms with Crippen LogP contribution < -0.4 is 11.1 Å². The molecule has 4 N–H and O–H groups in total. The second kappa shape index (κ2) is 7.67. The minimum Gasteiger partial charge on any atom is -0.481 e. The maximum Gasteiger partial charge on any atom is 0.307 e. The van der Waals surface area contributed by atoms with Gasteiger partial charge in [0.1, 0.15) is 12.2 Å². The standard InChI is InChI=1S/C25H19FN4O3/c26-21-10-22-19(25(24(33)30-22)11-20(25)23(31)32)9-18(21)16-3-1-14(2-4-16)15-5-7-17(8-6-15)29-13-28-12-27/h1-10,12-13,20H,11H2,(H,30,33)(H,31,32)(H2,27,28,29). The molecule has 1 aliphatic carbocycles. The van der Waals surface area contributed by atoms with Gasteiger partial charge in [0.25, 0.3) is 0 Å². The van der Waals surface area contributed by atoms with Gasteiger partial charge in [0, 0.05) is 11.3 Å². The van der Waals surface area contributed by atoms with Crippen LogP contribution in [-0.4, -0.2) is 29.7 Å². The fraction of sp³-hybridized carbons (Fsp3) is 0.120. The zero-order valence-electron chi connectivity index (χ0n) is 17.3. The molecule has 2 unspecified atom stereocenters. The first kappa shape index (κ1) is 20.6. The number of carboxylic acid groups (broad SMARTS) is 1. The van der Waals surface area contributed by atoms with E-state index in [2.05, 4.69) is 15.3 Å². The van der Waals surface area contributed by atoms with Crippen molar-refractivity contribution in [1.29, 1.82) is 0 Å². The summed E-state index contributed by atoms with van der Waals surface area (Å²) in [7, 11) is 0. The summed E-state index contributed by atoms with van der Waals surface area (Å²) >= 11 is 0. The van der Waals surface area contributed by atoms with E-state index in [4.69, 9.17) is 5.73 Å². The largest absolute Gasteiger partial charge is 0.481 e. The number of nitrogens with one attached hydrogen (secondary N) is 1. The summed E-state index contributed by atoms with van der Waals surface area (Å²) in [6, 6.07) is 17.8. The minimum atomic E-state index is -1.09. The number of fused-ring (bicyclic) bond motifs is 2. The first-order chi connectivity index (χ1) is 15.9. The summed E-state index contributed by atoms with van der Waals surface area (Å²) < 4.78 is 14.9. The van der Waals surface area contributed by atoms with Crippen molar-refractivity contribution in [3.05, 3.63) is 72.0 Å². The number of halogens is 1. The number of hydrogen-bond acceptors (Lipinski definition) is 3. The van der Waals surface area contributed by atoms with Crippen molar-refractivity contribution >= 4 is 35.9 Å². The number of carboxylic acids is 1. The molecule has 1 heterocycles. The number of nitrogens with two attached hydrogens (primary N) is 1. The summed E-state index contributed by atoms with van der Waals surface area (Å²) in [6.07, 6.45) is 2.75. The lowest BCUT2D eigenvalue weighted by molar-refractivity contribution is -0.140. The Morgan fingerprint density at radius 2 is 1.73 bits per heavy atom. The smallest absolute Gasteiger partial charge is 0.307 e. The predicted molar refractivity (Wildman–Crippen MR) is 124 cm³/mol. The third-order valence-electron chi connectivity index (χ3n) is 6.26. The summed E-state index contributed by atoms with van der Waals surface area (Å²) in [5.41, 5.74) is 8.60. The molecule has 1 fully saturated rings. The molecule has 1 saturated carbocycles. The first-order valence-electron chi connectivity index (χ1n) is 10.3. The highest BCUT2D eigenvalue weighted by molar-refractivity contribution is 6.12. The molecule has 2 atom stereocenters. The van der Waals surface area contributed by atoms with Gasteiger partial charge in [0.05, 0.1) is 23.4 Å². The van der Waals surface area contributed by atoms with Gasteiger partial charge >= 0.3 is 5.97 Å². The number of nitrogens with zero attached hydrogens (tertiary/aromatic N) is 2. The Morgan fingerprint density at radius 3 is 2.33 bits per heavy atom. The molecule has 33 heavy (non-hydrogen) atoms. The van der Waals surface area contributed by atoms with E-state index in [0.29, 0.717) is 22.4 Å². The second-order valence-electron chi connectivity index (χ2n) is 8.06. The topological polar surface area (TPSA) is 117 Å². The average molecular weight is 442 g/mol. The van der Waals surface area contributed by atoms with Crippen molar-refractivity contribution in [3.63, 3.8) is 0 Å². The van der Waals surface area contributed by atoms with Gasteiger partial charge in [-0.15, -0.1) is 0 Å². The van der Waals surface area contributed by atoms with Crippen LogP contribution in [0, 0.1) is 11.7 Å². The lowest BCUT2D eigenvalue weighted by Gasteiger charge is -2.11. The van der Waals surface area contributed by atoms with Crippen molar-refractivity contribution in [2.45, 2.75) is 11.8 Å². The SMILES string of the molecule is NC=NC=Nc1ccc(-c2ccc(-c3cc4c(cc3F)NC(=O)C43CC3C(=O)O)cc2)cc1. The van der Waals surface area contributed by atoms with Crippen molar-refractivity contribution in [1.82, 2.24) is 0 Å². The van der Waals surface area contributed by atoms with Gasteiger partial charge in [-0.1, -0.05) is 36.4 Å². The lowest BCUT2D eigenvalue weighted by atomic mass is 9.91. The summed E-state index contributed by atoms with van der Waals surface area (Å²) in [5, 5.41) is 12.0. The molecule has 1 amide bonds. The number of hydrogen-bond donors (Lipinski definition) is 3. The van der Waals surface area contributed by atoms with E-state index in [9.17, 15) is 19.1 Å². The van der Waals surface area contributed by atoms with Crippen LogP contribution >= 0.6 is 0 Å². The molecule has 3 aromatic carbocycles. The van der Waals surface area contributed by atoms with E-state index in [-0.39, 0.29) is 12.3 Å². The maximum atomic E-state index is 14.9. The van der Waals surface area contributed by atoms with Crippen LogP contribution in [0.1, 0.15) is 12.0 Å². The Morgan fingerprint density at radius 1 is 1.09 bits per heavy atom. The Kier molecular flexibility index (Phi) is 4.78. The van der Waals surface area contributed by atoms with Gasteiger partial charge < -0.3 is 16.2 Å². The number of aliphatic carboxylic acids is 1. The molecule has 5 rings (SSSR count). The van der Waals surface area contributed by atoms with Crippen molar-refractivity contribution in [2.75, 3.05) is 5.32 Å². The molecule has 1 aliphatic heterocycles. The van der Waals surface area contributed by atoms with E-state index in [0.717, 1.165) is 23.2 Å². The summed E-state index contributed by atoms with van der Waals surface area (Å²) in [6.45, 7) is 0. The zero-order valence-corrected chi connectivity index (χ0v) is 17.3. The third-order valence-corrected chi connectivity index (χ3v) is 6.26. The van der Waals surface area contributed by atoms with E-state index in [1.165, 1.54) is 12.4 Å². The first-order valence-corrected chi connectivity index (χ1v) is 10.3. The van der Waals surface area contributed by atoms with Crippen LogP contribution in [0.5, 0.6) is 0 Å². The number of carbonyl (C=O) groups is 2. The van der Waals surface area contributed by atoms with Crippen molar-refractivity contribution in [2.24, 2.45) is 21.6 Å². The lowest BCUT2D eigenvalue weighted by Crippen LogP contribution is -2.24. The van der Waals surface area contributed by atoms with E-state index in [1.54, 1.807) is 18.2 Å². The normalized spacial score (nSPS) is 21.0. The second-order valence-corrected chi connectivity index (χ2v) is 8.06. The van der Waals surface area contributed by atoms with Crippen LogP contribution in [0.3, 0.4) is 0 Å². The Balaban J connectivity index is 1.44. The van der Waals surface area contributed by atoms with Crippen LogP contribution in [-0.2, 0) is 15.0 Å². The number of carbonyl (C=O) groups excluding carboxylic acids is 1. The van der Waals surface area contributed by atoms with Gasteiger partial charge in [0.2, 0.25) is 5.91 Å². The Labute approximate surface area is 188 Å². The molecule has 164 valence electrons. The van der Waals surface area contributed by atoms with E-state index >= 15 is 0 Å². The van der Waals surface area contributed by atoms with Crippen LogP contribution in [0.25, 0.3) is 22.3 Å². The molecule has 3 aromatic rings. The van der Waals surface area contributed by atoms with Crippen molar-refractivity contribution in [3.8, 4) is 22.3 Å². The quantitative estimate of drug-likeness (QED) is 0.407. The van der Waals surface area contributed by atoms with Crippen molar-refractivity contribution < 1.29 is 19.1 Å². The van der Waals surface area contributed by atoms with Crippen LogP contribution in [0.15, 0.2) is 70.6 Å². The van der Waals surface area contributed by atoms with Gasteiger partial charge in [-0.05, 0) is 52.9 Å². The highest BCUT2D eigenvalue weighted by atomic mass is 19.1. The number of benzene rings is 3. The molecule has 0 saturated heterocycles. The summed E-state index contributed by atoms with van der Waals surface area (Å²) in [4.78, 5) is 31.8. The zero-order chi connectivity index (χ0) is 23.2. The molecular weight excluding hydrogens is 423 g/mol. The summed E-state index contributed by atoms with van der Waals surface area (Å²) in [5.74, 6) is -2.65. The number of rotatable bonds is 5. The fourth-order valence-electron chi connectivity index (χ4n) is 4.45. The number of aliphatic imine (C=N–C) groups is 2. The molecule has 8 heteroatoms. The van der Waals surface area contributed by atoms with E-state index < -0.39 is 23.1 Å². The maximum absolute atomic E-state index is 14.9. The van der Waals surface area contributed by atoms with Gasteiger partial charge in [0.15, 0.2) is 0 Å². The molecule has 0 radical (unpaired) electrons. The minimum absolute atomic E-state index is 0.226. The molecule has 7 nitrogen and oxygen atoms in total. The third kappa shape index (κ3) is 3.36. The fourth-order valence-corrected chi connectivity index (χ4v) is 4.45. The highest BCUT2D eigenvalue weighted by Crippen LogP contribution is 2.60. The molecule has 0 bridgehead atoms. The van der Waals surface area contributed by atoms with Crippen LogP contribution in [0.4, 0.5) is 15.8 Å². The number of anilines is 1. The van der Waals surface area contributed by atoms with Gasteiger partial charge in [-0.2, -0.15) is 0 Å².